The highest BCUT2D eigenvalue weighted by molar-refractivity contribution is 7.13. The van der Waals surface area contributed by atoms with Crippen LogP contribution in [-0.4, -0.2) is 23.0 Å². The maximum absolute atomic E-state index is 12.1. The number of hydrogen-bond donors (Lipinski definition) is 1. The van der Waals surface area contributed by atoms with E-state index in [0.29, 0.717) is 10.7 Å². The number of ether oxygens (including phenoxy) is 1. The van der Waals surface area contributed by atoms with E-state index in [-0.39, 0.29) is 5.91 Å². The molecule has 3 rings (SSSR count). The Morgan fingerprint density at radius 3 is 2.95 bits per heavy atom. The molecule has 0 saturated carbocycles. The third-order valence-electron chi connectivity index (χ3n) is 2.81. The van der Waals surface area contributed by atoms with E-state index < -0.39 is 0 Å². The summed E-state index contributed by atoms with van der Waals surface area (Å²) >= 11 is 1.37. The van der Waals surface area contributed by atoms with Crippen molar-refractivity contribution in [2.24, 2.45) is 0 Å². The summed E-state index contributed by atoms with van der Waals surface area (Å²) in [5.41, 5.74) is 1.29. The van der Waals surface area contributed by atoms with Crippen LogP contribution >= 0.6 is 11.3 Å². The molecule has 20 heavy (non-hydrogen) atoms. The molecular formula is C14H11N3O2S. The zero-order valence-corrected chi connectivity index (χ0v) is 11.5. The molecule has 0 aliphatic rings. The fraction of sp³-hybridized carbons (Fsp3) is 0.0714. The van der Waals surface area contributed by atoms with Crippen molar-refractivity contribution in [1.29, 1.82) is 0 Å². The van der Waals surface area contributed by atoms with E-state index in [9.17, 15) is 4.79 Å². The van der Waals surface area contributed by atoms with Crippen molar-refractivity contribution < 1.29 is 9.53 Å². The van der Waals surface area contributed by atoms with Gasteiger partial charge in [-0.3, -0.25) is 15.1 Å². The fourth-order valence-corrected chi connectivity index (χ4v) is 2.33. The molecule has 6 heteroatoms. The van der Waals surface area contributed by atoms with Crippen LogP contribution in [0.15, 0.2) is 42.0 Å². The van der Waals surface area contributed by atoms with Crippen molar-refractivity contribution in [3.63, 3.8) is 0 Å². The minimum absolute atomic E-state index is 0.217. The summed E-state index contributed by atoms with van der Waals surface area (Å²) in [4.78, 5) is 20.4. The lowest BCUT2D eigenvalue weighted by Gasteiger charge is -2.05. The lowest BCUT2D eigenvalue weighted by atomic mass is 10.1. The van der Waals surface area contributed by atoms with Crippen LogP contribution in [0.5, 0.6) is 5.75 Å². The molecule has 0 radical (unpaired) electrons. The van der Waals surface area contributed by atoms with Gasteiger partial charge in [0, 0.05) is 29.2 Å². The molecule has 0 fully saturated rings. The maximum atomic E-state index is 12.1. The first-order chi connectivity index (χ1) is 9.76. The van der Waals surface area contributed by atoms with Gasteiger partial charge in [-0.2, -0.15) is 0 Å². The maximum Gasteiger partial charge on any atom is 0.259 e. The van der Waals surface area contributed by atoms with Crippen LogP contribution in [-0.2, 0) is 0 Å². The van der Waals surface area contributed by atoms with E-state index in [0.717, 1.165) is 16.7 Å². The number of hydrogen-bond acceptors (Lipinski definition) is 5. The predicted molar refractivity (Wildman–Crippen MR) is 78.4 cm³/mol. The van der Waals surface area contributed by atoms with E-state index in [1.807, 2.05) is 18.2 Å². The van der Waals surface area contributed by atoms with Crippen LogP contribution < -0.4 is 10.1 Å². The summed E-state index contributed by atoms with van der Waals surface area (Å²) in [6.07, 6.45) is 3.19. The van der Waals surface area contributed by atoms with Crippen molar-refractivity contribution >= 4 is 33.3 Å². The summed E-state index contributed by atoms with van der Waals surface area (Å²) < 4.78 is 5.14. The first kappa shape index (κ1) is 12.6. The highest BCUT2D eigenvalue weighted by atomic mass is 32.1. The van der Waals surface area contributed by atoms with Crippen molar-refractivity contribution in [3.8, 4) is 5.75 Å². The highest BCUT2D eigenvalue weighted by Gasteiger charge is 2.09. The molecule has 2 aromatic heterocycles. The normalized spacial score (nSPS) is 10.4. The van der Waals surface area contributed by atoms with Gasteiger partial charge in [0.1, 0.15) is 5.75 Å². The molecule has 1 aromatic carbocycles. The Balaban J connectivity index is 1.90. The number of fused-ring (bicyclic) bond motifs is 1. The number of methoxy groups -OCH3 is 1. The number of amides is 1. The second-order valence-electron chi connectivity index (χ2n) is 4.07. The molecule has 0 spiro atoms. The van der Waals surface area contributed by atoms with Crippen LogP contribution in [0.4, 0.5) is 5.13 Å². The number of benzene rings is 1. The van der Waals surface area contributed by atoms with Gasteiger partial charge in [-0.1, -0.05) is 0 Å². The largest absolute Gasteiger partial charge is 0.497 e. The van der Waals surface area contributed by atoms with E-state index in [2.05, 4.69) is 15.3 Å². The number of nitrogens with one attached hydrogen (secondary N) is 1. The van der Waals surface area contributed by atoms with Crippen LogP contribution in [0.2, 0.25) is 0 Å². The minimum Gasteiger partial charge on any atom is -0.497 e. The number of pyridine rings is 1. The smallest absolute Gasteiger partial charge is 0.259 e. The molecule has 2 heterocycles. The summed E-state index contributed by atoms with van der Waals surface area (Å²) in [7, 11) is 1.61. The number of rotatable bonds is 3. The Morgan fingerprint density at radius 1 is 1.30 bits per heavy atom. The zero-order valence-electron chi connectivity index (χ0n) is 10.7. The van der Waals surface area contributed by atoms with Crippen molar-refractivity contribution in [2.75, 3.05) is 12.4 Å². The molecule has 0 aliphatic carbocycles. The Kier molecular flexibility index (Phi) is 3.30. The average Bonchev–Trinajstić information content (AvgIpc) is 2.99. The highest BCUT2D eigenvalue weighted by Crippen LogP contribution is 2.20. The van der Waals surface area contributed by atoms with Gasteiger partial charge in [0.15, 0.2) is 5.13 Å². The summed E-state index contributed by atoms with van der Waals surface area (Å²) in [5.74, 6) is 0.523. The first-order valence-corrected chi connectivity index (χ1v) is 6.79. The molecule has 100 valence electrons. The van der Waals surface area contributed by atoms with Crippen molar-refractivity contribution in [2.45, 2.75) is 0 Å². The number of carbonyl (C=O) groups is 1. The lowest BCUT2D eigenvalue weighted by Crippen LogP contribution is -2.11. The van der Waals surface area contributed by atoms with Gasteiger partial charge in [0.2, 0.25) is 0 Å². The van der Waals surface area contributed by atoms with E-state index in [1.165, 1.54) is 11.3 Å². The molecule has 0 saturated heterocycles. The number of aromatic nitrogens is 2. The average molecular weight is 285 g/mol. The molecular weight excluding hydrogens is 274 g/mol. The van der Waals surface area contributed by atoms with E-state index >= 15 is 0 Å². The van der Waals surface area contributed by atoms with Crippen molar-refractivity contribution in [1.82, 2.24) is 9.97 Å². The van der Waals surface area contributed by atoms with Crippen molar-refractivity contribution in [3.05, 3.63) is 47.6 Å². The Morgan fingerprint density at radius 2 is 2.20 bits per heavy atom. The second kappa shape index (κ2) is 5.26. The van der Waals surface area contributed by atoms with Gasteiger partial charge in [-0.25, -0.2) is 4.98 Å². The SMILES string of the molecule is COc1ccc2cc(C(=O)Nc3nccs3)cnc2c1. The topological polar surface area (TPSA) is 64.1 Å². The van der Waals surface area contributed by atoms with Gasteiger partial charge in [-0.05, 0) is 18.2 Å². The summed E-state index contributed by atoms with van der Waals surface area (Å²) in [6.45, 7) is 0. The number of carbonyl (C=O) groups excluding carboxylic acids is 1. The molecule has 0 unspecified atom stereocenters. The van der Waals surface area contributed by atoms with E-state index in [4.69, 9.17) is 4.74 Å². The Hall–Kier alpha value is -2.47. The summed E-state index contributed by atoms with van der Waals surface area (Å²) in [5, 5.41) is 6.00. The minimum atomic E-state index is -0.217. The lowest BCUT2D eigenvalue weighted by molar-refractivity contribution is 0.102. The molecule has 0 bridgehead atoms. The predicted octanol–water partition coefficient (Wildman–Crippen LogP) is 2.95. The van der Waals surface area contributed by atoms with Gasteiger partial charge in [0.25, 0.3) is 5.91 Å². The molecule has 5 nitrogen and oxygen atoms in total. The molecule has 1 amide bonds. The number of thiazole rings is 1. The van der Waals surface area contributed by atoms with Crippen LogP contribution in [0, 0.1) is 0 Å². The van der Waals surface area contributed by atoms with Crippen LogP contribution in [0.3, 0.4) is 0 Å². The Labute approximate surface area is 119 Å². The van der Waals surface area contributed by atoms with Crippen LogP contribution in [0.25, 0.3) is 10.9 Å². The summed E-state index contributed by atoms with van der Waals surface area (Å²) in [6, 6.07) is 7.34. The van der Waals surface area contributed by atoms with Gasteiger partial charge >= 0.3 is 0 Å². The van der Waals surface area contributed by atoms with E-state index in [1.54, 1.807) is 30.9 Å². The van der Waals surface area contributed by atoms with Gasteiger partial charge in [0.05, 0.1) is 18.2 Å². The standard InChI is InChI=1S/C14H11N3O2S/c1-19-11-3-2-9-6-10(8-16-12(9)7-11)13(18)17-14-15-4-5-20-14/h2-8H,1H3,(H,15,17,18). The Bertz CT molecular complexity index is 756. The third-order valence-corrected chi connectivity index (χ3v) is 3.49. The zero-order chi connectivity index (χ0) is 13.9. The molecule has 0 aliphatic heterocycles. The third kappa shape index (κ3) is 2.46. The van der Waals surface area contributed by atoms with Gasteiger partial charge in [-0.15, -0.1) is 11.3 Å². The quantitative estimate of drug-likeness (QED) is 0.803. The molecule has 0 atom stereocenters. The number of anilines is 1. The second-order valence-corrected chi connectivity index (χ2v) is 4.97. The van der Waals surface area contributed by atoms with Gasteiger partial charge < -0.3 is 4.74 Å². The fourth-order valence-electron chi connectivity index (χ4n) is 1.81. The molecule has 3 aromatic rings. The molecule has 1 N–H and O–H groups in total. The monoisotopic (exact) mass is 285 g/mol. The number of nitrogens with zero attached hydrogens (tertiary/aromatic N) is 2. The van der Waals surface area contributed by atoms with Crippen LogP contribution in [0.1, 0.15) is 10.4 Å². The first-order valence-electron chi connectivity index (χ1n) is 5.91.